The van der Waals surface area contributed by atoms with E-state index < -0.39 is 0 Å². The fourth-order valence-electron chi connectivity index (χ4n) is 3.04. The van der Waals surface area contributed by atoms with Crippen LogP contribution in [0.2, 0.25) is 0 Å². The molecule has 1 aromatic carbocycles. The van der Waals surface area contributed by atoms with Crippen LogP contribution < -0.4 is 0 Å². The van der Waals surface area contributed by atoms with Crippen molar-refractivity contribution >= 4 is 17.2 Å². The Morgan fingerprint density at radius 1 is 1.32 bits per heavy atom. The van der Waals surface area contributed by atoms with E-state index in [0.29, 0.717) is 36.6 Å². The van der Waals surface area contributed by atoms with Gasteiger partial charge in [-0.25, -0.2) is 9.37 Å². The molecule has 4 rings (SSSR count). The lowest BCUT2D eigenvalue weighted by atomic mass is 10.1. The molecule has 128 valence electrons. The van der Waals surface area contributed by atoms with Crippen molar-refractivity contribution in [1.82, 2.24) is 9.88 Å². The van der Waals surface area contributed by atoms with Crippen LogP contribution in [0.1, 0.15) is 22.8 Å². The first kappa shape index (κ1) is 16.0. The van der Waals surface area contributed by atoms with E-state index in [9.17, 15) is 9.18 Å². The predicted molar refractivity (Wildman–Crippen MR) is 93.7 cm³/mol. The summed E-state index contributed by atoms with van der Waals surface area (Å²) in [5.74, 6) is 0.602. The van der Waals surface area contributed by atoms with Crippen molar-refractivity contribution in [2.24, 2.45) is 0 Å². The number of benzene rings is 1. The number of carbonyl (C=O) groups is 1. The lowest BCUT2D eigenvalue weighted by Crippen LogP contribution is -2.35. The molecule has 0 fully saturated rings. The molecular formula is C19H17FN2O2S. The van der Waals surface area contributed by atoms with E-state index in [1.165, 1.54) is 22.7 Å². The molecule has 0 spiro atoms. The Balaban J connectivity index is 1.38. The molecule has 0 atom stereocenters. The van der Waals surface area contributed by atoms with Gasteiger partial charge in [0.15, 0.2) is 11.7 Å². The second-order valence-electron chi connectivity index (χ2n) is 6.03. The van der Waals surface area contributed by atoms with Gasteiger partial charge in [0.2, 0.25) is 5.91 Å². The summed E-state index contributed by atoms with van der Waals surface area (Å²) in [6, 6.07) is 8.51. The Hall–Kier alpha value is -2.47. The number of amides is 1. The quantitative estimate of drug-likeness (QED) is 0.708. The number of halogens is 1. The zero-order chi connectivity index (χ0) is 17.2. The molecule has 1 amide bonds. The van der Waals surface area contributed by atoms with Gasteiger partial charge >= 0.3 is 0 Å². The van der Waals surface area contributed by atoms with Crippen LogP contribution >= 0.6 is 11.3 Å². The Morgan fingerprint density at radius 3 is 3.08 bits per heavy atom. The first-order valence-corrected chi connectivity index (χ1v) is 9.11. The maximum absolute atomic E-state index is 13.8. The second kappa shape index (κ2) is 6.80. The molecule has 4 nitrogen and oxygen atoms in total. The molecule has 1 aliphatic heterocycles. The van der Waals surface area contributed by atoms with Crippen LogP contribution in [0.3, 0.4) is 0 Å². The van der Waals surface area contributed by atoms with Crippen LogP contribution in [0.5, 0.6) is 0 Å². The molecule has 25 heavy (non-hydrogen) atoms. The molecule has 0 N–H and O–H groups in total. The molecule has 6 heteroatoms. The van der Waals surface area contributed by atoms with Gasteiger partial charge in [-0.3, -0.25) is 4.79 Å². The van der Waals surface area contributed by atoms with Gasteiger partial charge in [-0.15, -0.1) is 11.3 Å². The van der Waals surface area contributed by atoms with Crippen LogP contribution in [0.4, 0.5) is 4.39 Å². The summed E-state index contributed by atoms with van der Waals surface area (Å²) in [5, 5.41) is 2.08. The molecule has 2 aromatic heterocycles. The van der Waals surface area contributed by atoms with E-state index in [4.69, 9.17) is 4.42 Å². The van der Waals surface area contributed by atoms with Crippen molar-refractivity contribution in [3.05, 3.63) is 64.1 Å². The summed E-state index contributed by atoms with van der Waals surface area (Å²) in [6.45, 7) is 1.45. The third-order valence-corrected chi connectivity index (χ3v) is 5.43. The van der Waals surface area contributed by atoms with Gasteiger partial charge in [0.25, 0.3) is 0 Å². The molecule has 0 unspecified atom stereocenters. The van der Waals surface area contributed by atoms with Crippen molar-refractivity contribution in [2.45, 2.75) is 25.8 Å². The van der Waals surface area contributed by atoms with Gasteiger partial charge < -0.3 is 9.32 Å². The summed E-state index contributed by atoms with van der Waals surface area (Å²) >= 11 is 1.76. The van der Waals surface area contributed by atoms with Crippen molar-refractivity contribution < 1.29 is 13.6 Å². The predicted octanol–water partition coefficient (Wildman–Crippen LogP) is 4.06. The molecule has 0 saturated heterocycles. The third-order valence-electron chi connectivity index (χ3n) is 4.41. The summed E-state index contributed by atoms with van der Waals surface area (Å²) in [5.41, 5.74) is 1.64. The Bertz CT molecular complexity index is 902. The van der Waals surface area contributed by atoms with Gasteiger partial charge in [0.05, 0.1) is 11.8 Å². The number of hydrogen-bond acceptors (Lipinski definition) is 4. The number of thiophene rings is 1. The maximum Gasteiger partial charge on any atom is 0.223 e. The van der Waals surface area contributed by atoms with Crippen molar-refractivity contribution in [2.75, 3.05) is 6.54 Å². The smallest absolute Gasteiger partial charge is 0.223 e. The van der Waals surface area contributed by atoms with Crippen LogP contribution in [-0.2, 0) is 24.2 Å². The van der Waals surface area contributed by atoms with Crippen LogP contribution in [0.15, 0.2) is 46.3 Å². The number of rotatable bonds is 4. The minimum atomic E-state index is -0.346. The number of aryl methyl sites for hydroxylation is 1. The Labute approximate surface area is 148 Å². The van der Waals surface area contributed by atoms with Gasteiger partial charge in [-0.2, -0.15) is 0 Å². The van der Waals surface area contributed by atoms with E-state index in [0.717, 1.165) is 13.0 Å². The zero-order valence-corrected chi connectivity index (χ0v) is 14.4. The number of nitrogens with zero attached hydrogens (tertiary/aromatic N) is 2. The minimum Gasteiger partial charge on any atom is -0.441 e. The molecule has 3 aromatic rings. The monoisotopic (exact) mass is 356 g/mol. The van der Waals surface area contributed by atoms with Gasteiger partial charge in [0.1, 0.15) is 5.82 Å². The number of hydrogen-bond donors (Lipinski definition) is 0. The van der Waals surface area contributed by atoms with Crippen LogP contribution in [0, 0.1) is 5.82 Å². The number of oxazole rings is 1. The first-order chi connectivity index (χ1) is 12.2. The average molecular weight is 356 g/mol. The van der Waals surface area contributed by atoms with Crippen molar-refractivity contribution in [3.63, 3.8) is 0 Å². The Morgan fingerprint density at radius 2 is 2.20 bits per heavy atom. The lowest BCUT2D eigenvalue weighted by Gasteiger charge is -2.26. The van der Waals surface area contributed by atoms with Gasteiger partial charge in [-0.1, -0.05) is 12.1 Å². The van der Waals surface area contributed by atoms with Gasteiger partial charge in [0, 0.05) is 30.8 Å². The molecular weight excluding hydrogens is 339 g/mol. The third kappa shape index (κ3) is 3.35. The van der Waals surface area contributed by atoms with Crippen molar-refractivity contribution in [1.29, 1.82) is 0 Å². The highest BCUT2D eigenvalue weighted by atomic mass is 32.1. The molecule has 3 heterocycles. The fraction of sp³-hybridized carbons (Fsp3) is 0.263. The van der Waals surface area contributed by atoms with E-state index in [2.05, 4.69) is 16.4 Å². The summed E-state index contributed by atoms with van der Waals surface area (Å²) in [7, 11) is 0. The minimum absolute atomic E-state index is 0.0995. The summed E-state index contributed by atoms with van der Waals surface area (Å²) in [4.78, 5) is 19.9. The highest BCUT2D eigenvalue weighted by molar-refractivity contribution is 7.10. The standard InChI is InChI=1S/C19H17FN2O2S/c20-15-4-2-1-3-14(15)16-11-21-18(24-16)5-6-19(23)22-9-7-17-13(12-22)8-10-25-17/h1-4,8,10-11H,5-7,9,12H2. The van der Waals surface area contributed by atoms with E-state index in [-0.39, 0.29) is 11.7 Å². The Kier molecular flexibility index (Phi) is 4.36. The largest absolute Gasteiger partial charge is 0.441 e. The topological polar surface area (TPSA) is 46.3 Å². The first-order valence-electron chi connectivity index (χ1n) is 8.23. The van der Waals surface area contributed by atoms with E-state index >= 15 is 0 Å². The zero-order valence-electron chi connectivity index (χ0n) is 13.6. The number of aromatic nitrogens is 1. The highest BCUT2D eigenvalue weighted by Gasteiger charge is 2.21. The highest BCUT2D eigenvalue weighted by Crippen LogP contribution is 2.25. The lowest BCUT2D eigenvalue weighted by molar-refractivity contribution is -0.132. The summed E-state index contributed by atoms with van der Waals surface area (Å²) < 4.78 is 19.4. The molecule has 0 radical (unpaired) electrons. The fourth-order valence-corrected chi connectivity index (χ4v) is 3.93. The summed E-state index contributed by atoms with van der Waals surface area (Å²) in [6.07, 6.45) is 3.20. The molecule has 0 saturated carbocycles. The SMILES string of the molecule is O=C(CCc1ncc(-c2ccccc2F)o1)N1CCc2sccc2C1. The normalized spacial score (nSPS) is 13.7. The molecule has 0 bridgehead atoms. The second-order valence-corrected chi connectivity index (χ2v) is 7.03. The van der Waals surface area contributed by atoms with Crippen LogP contribution in [-0.4, -0.2) is 22.3 Å². The van der Waals surface area contributed by atoms with Crippen molar-refractivity contribution in [3.8, 4) is 11.3 Å². The van der Waals surface area contributed by atoms with Gasteiger partial charge in [-0.05, 0) is 35.6 Å². The average Bonchev–Trinajstić information content (AvgIpc) is 3.28. The van der Waals surface area contributed by atoms with E-state index in [1.54, 1.807) is 29.5 Å². The van der Waals surface area contributed by atoms with E-state index in [1.807, 2.05) is 4.90 Å². The molecule has 1 aliphatic rings. The maximum atomic E-state index is 13.8. The molecule has 0 aliphatic carbocycles. The number of fused-ring (bicyclic) bond motifs is 1. The van der Waals surface area contributed by atoms with Crippen LogP contribution in [0.25, 0.3) is 11.3 Å². The number of carbonyl (C=O) groups excluding carboxylic acids is 1.